The van der Waals surface area contributed by atoms with Crippen LogP contribution in [0, 0.1) is 0 Å². The van der Waals surface area contributed by atoms with Gasteiger partial charge in [0.25, 0.3) is 0 Å². The predicted octanol–water partition coefficient (Wildman–Crippen LogP) is 5.64. The molecule has 7 nitrogen and oxygen atoms in total. The van der Waals surface area contributed by atoms with Gasteiger partial charge in [-0.3, -0.25) is 14.5 Å². The van der Waals surface area contributed by atoms with Crippen molar-refractivity contribution < 1.29 is 28.5 Å². The van der Waals surface area contributed by atoms with Crippen LogP contribution in [0.5, 0.6) is 23.0 Å². The topological polar surface area (TPSA) is 74.3 Å². The molecule has 3 aromatic carbocycles. The Labute approximate surface area is 222 Å². The molecule has 7 heteroatoms. The molecule has 0 saturated carbocycles. The smallest absolute Gasteiger partial charge is 0.232 e. The van der Waals surface area contributed by atoms with Crippen molar-refractivity contribution in [1.29, 1.82) is 0 Å². The number of benzene rings is 3. The predicted molar refractivity (Wildman–Crippen MR) is 144 cm³/mol. The van der Waals surface area contributed by atoms with E-state index >= 15 is 0 Å². The third-order valence-corrected chi connectivity index (χ3v) is 7.42. The van der Waals surface area contributed by atoms with E-state index in [1.165, 1.54) is 0 Å². The van der Waals surface area contributed by atoms with E-state index in [-0.39, 0.29) is 24.0 Å². The minimum Gasteiger partial charge on any atom is -0.497 e. The monoisotopic (exact) mass is 513 g/mol. The highest BCUT2D eigenvalue weighted by molar-refractivity contribution is 6.08. The summed E-state index contributed by atoms with van der Waals surface area (Å²) in [6.07, 6.45) is 1.04. The van der Waals surface area contributed by atoms with Crippen molar-refractivity contribution >= 4 is 17.4 Å². The van der Waals surface area contributed by atoms with E-state index in [2.05, 4.69) is 0 Å². The summed E-state index contributed by atoms with van der Waals surface area (Å²) < 4.78 is 22.2. The summed E-state index contributed by atoms with van der Waals surface area (Å²) in [4.78, 5) is 29.6. The number of hydrogen-bond donors (Lipinski definition) is 0. The molecule has 1 heterocycles. The van der Waals surface area contributed by atoms with Crippen molar-refractivity contribution in [2.75, 3.05) is 33.3 Å². The number of Topliss-reactive ketones (excluding diaryl/α,β-unsaturated/α-hetero) is 1. The summed E-state index contributed by atoms with van der Waals surface area (Å²) in [5.41, 5.74) is 3.85. The molecule has 0 radical (unpaired) electrons. The summed E-state index contributed by atoms with van der Waals surface area (Å²) in [7, 11) is 6.28. The summed E-state index contributed by atoms with van der Waals surface area (Å²) in [6, 6.07) is 21.0. The standard InChI is InChI=1S/C31H31NO6/c1-35-22-12-8-11-21(15-22)32-25-13-20(19-9-6-5-7-10-19)14-26(33)31(25)24(17-30(32)34)23-16-28(37-3)29(38-4)18-27(23)36-2/h5-12,15-16,18,20,24H,13-14,17H2,1-4H3. The van der Waals surface area contributed by atoms with Crippen LogP contribution in [0.3, 0.4) is 0 Å². The highest BCUT2D eigenvalue weighted by Gasteiger charge is 2.43. The van der Waals surface area contributed by atoms with Crippen LogP contribution in [0.15, 0.2) is 78.0 Å². The van der Waals surface area contributed by atoms with Gasteiger partial charge in [-0.1, -0.05) is 36.4 Å². The van der Waals surface area contributed by atoms with E-state index in [4.69, 9.17) is 18.9 Å². The first-order valence-electron chi connectivity index (χ1n) is 12.6. The number of ether oxygens (including phenoxy) is 4. The highest BCUT2D eigenvalue weighted by atomic mass is 16.5. The Morgan fingerprint density at radius 1 is 0.711 bits per heavy atom. The third-order valence-electron chi connectivity index (χ3n) is 7.42. The van der Waals surface area contributed by atoms with Gasteiger partial charge in [-0.2, -0.15) is 0 Å². The number of anilines is 1. The highest BCUT2D eigenvalue weighted by Crippen LogP contribution is 2.50. The fraction of sp³-hybridized carbons (Fsp3) is 0.290. The molecule has 2 atom stereocenters. The molecule has 0 spiro atoms. The van der Waals surface area contributed by atoms with Gasteiger partial charge in [0, 0.05) is 47.7 Å². The SMILES string of the molecule is COc1cccc(N2C(=O)CC(c3cc(OC)c(OC)cc3OC)C3=C2CC(c2ccccc2)CC3=O)c1. The minimum absolute atomic E-state index is 0.0299. The molecule has 1 aliphatic carbocycles. The molecule has 5 rings (SSSR count). The fourth-order valence-electron chi connectivity index (χ4n) is 5.64. The molecular weight excluding hydrogens is 482 g/mol. The molecule has 3 aromatic rings. The van der Waals surface area contributed by atoms with Gasteiger partial charge in [-0.25, -0.2) is 0 Å². The number of ketones is 1. The van der Waals surface area contributed by atoms with Crippen molar-refractivity contribution in [3.05, 3.63) is 89.1 Å². The van der Waals surface area contributed by atoms with Gasteiger partial charge >= 0.3 is 0 Å². The maximum Gasteiger partial charge on any atom is 0.232 e. The van der Waals surface area contributed by atoms with Gasteiger partial charge in [0.05, 0.1) is 34.1 Å². The summed E-state index contributed by atoms with van der Waals surface area (Å²) >= 11 is 0. The molecular formula is C31H31NO6. The van der Waals surface area contributed by atoms with Crippen LogP contribution in [-0.2, 0) is 9.59 Å². The molecule has 38 heavy (non-hydrogen) atoms. The molecule has 2 aliphatic rings. The zero-order valence-electron chi connectivity index (χ0n) is 22.0. The lowest BCUT2D eigenvalue weighted by molar-refractivity contribution is -0.120. The Bertz CT molecular complexity index is 1400. The van der Waals surface area contributed by atoms with E-state index in [0.717, 1.165) is 16.8 Å². The van der Waals surface area contributed by atoms with Gasteiger partial charge in [0.2, 0.25) is 5.91 Å². The van der Waals surface area contributed by atoms with E-state index in [9.17, 15) is 9.59 Å². The Balaban J connectivity index is 1.70. The van der Waals surface area contributed by atoms with Crippen LogP contribution in [0.25, 0.3) is 0 Å². The number of nitrogens with zero attached hydrogens (tertiary/aromatic N) is 1. The number of carbonyl (C=O) groups is 2. The van der Waals surface area contributed by atoms with Crippen molar-refractivity contribution in [2.24, 2.45) is 0 Å². The Morgan fingerprint density at radius 3 is 2.11 bits per heavy atom. The number of allylic oxidation sites excluding steroid dienone is 2. The van der Waals surface area contributed by atoms with Gasteiger partial charge in [-0.05, 0) is 36.1 Å². The van der Waals surface area contributed by atoms with Gasteiger partial charge in [0.15, 0.2) is 17.3 Å². The zero-order valence-corrected chi connectivity index (χ0v) is 22.0. The first-order valence-corrected chi connectivity index (χ1v) is 12.6. The minimum atomic E-state index is -0.474. The first kappa shape index (κ1) is 25.4. The molecule has 0 bridgehead atoms. The number of carbonyl (C=O) groups excluding carboxylic acids is 2. The lowest BCUT2D eigenvalue weighted by Gasteiger charge is -2.41. The quantitative estimate of drug-likeness (QED) is 0.407. The summed E-state index contributed by atoms with van der Waals surface area (Å²) in [5.74, 6) is 1.64. The van der Waals surface area contributed by atoms with E-state index in [1.54, 1.807) is 39.4 Å². The molecule has 1 aliphatic heterocycles. The van der Waals surface area contributed by atoms with Gasteiger partial charge in [0.1, 0.15) is 11.5 Å². The molecule has 0 fully saturated rings. The van der Waals surface area contributed by atoms with Crippen molar-refractivity contribution in [3.63, 3.8) is 0 Å². The van der Waals surface area contributed by atoms with Gasteiger partial charge < -0.3 is 18.9 Å². The van der Waals surface area contributed by atoms with Crippen molar-refractivity contribution in [3.8, 4) is 23.0 Å². The van der Waals surface area contributed by atoms with Crippen LogP contribution < -0.4 is 23.8 Å². The maximum atomic E-state index is 14.0. The van der Waals surface area contributed by atoms with Crippen LogP contribution >= 0.6 is 0 Å². The second-order valence-electron chi connectivity index (χ2n) is 9.44. The zero-order chi connectivity index (χ0) is 26.8. The second kappa shape index (κ2) is 10.6. The molecule has 196 valence electrons. The van der Waals surface area contributed by atoms with Crippen molar-refractivity contribution in [2.45, 2.75) is 31.1 Å². The Hall–Kier alpha value is -4.26. The number of rotatable bonds is 7. The average Bonchev–Trinajstić information content (AvgIpc) is 2.96. The summed E-state index contributed by atoms with van der Waals surface area (Å²) in [6.45, 7) is 0. The van der Waals surface area contributed by atoms with E-state index < -0.39 is 5.92 Å². The number of hydrogen-bond acceptors (Lipinski definition) is 6. The Kier molecular flexibility index (Phi) is 7.09. The van der Waals surface area contributed by atoms with Crippen molar-refractivity contribution in [1.82, 2.24) is 0 Å². The third kappa shape index (κ3) is 4.49. The van der Waals surface area contributed by atoms with Crippen LogP contribution in [-0.4, -0.2) is 40.1 Å². The van der Waals surface area contributed by atoms with Gasteiger partial charge in [-0.15, -0.1) is 0 Å². The average molecular weight is 514 g/mol. The van der Waals surface area contributed by atoms with E-state index in [1.807, 2.05) is 60.7 Å². The molecule has 1 amide bonds. The lowest BCUT2D eigenvalue weighted by Crippen LogP contribution is -2.41. The van der Waals surface area contributed by atoms with Crippen LogP contribution in [0.4, 0.5) is 5.69 Å². The Morgan fingerprint density at radius 2 is 1.42 bits per heavy atom. The molecule has 0 saturated heterocycles. The molecule has 0 aromatic heterocycles. The first-order chi connectivity index (χ1) is 18.5. The van der Waals surface area contributed by atoms with Crippen LogP contribution in [0.1, 0.15) is 42.2 Å². The molecule has 0 N–H and O–H groups in total. The summed E-state index contributed by atoms with van der Waals surface area (Å²) in [5, 5.41) is 0. The molecule has 2 unspecified atom stereocenters. The van der Waals surface area contributed by atoms with E-state index in [0.29, 0.717) is 47.1 Å². The second-order valence-corrected chi connectivity index (χ2v) is 9.44. The van der Waals surface area contributed by atoms with Crippen LogP contribution in [0.2, 0.25) is 0 Å². The lowest BCUT2D eigenvalue weighted by atomic mass is 9.72. The fourth-order valence-corrected chi connectivity index (χ4v) is 5.64. The number of methoxy groups -OCH3 is 4. The largest absolute Gasteiger partial charge is 0.497 e. The maximum absolute atomic E-state index is 14.0. The number of amides is 1. The normalized spacial score (nSPS) is 19.2.